The highest BCUT2D eigenvalue weighted by Crippen LogP contribution is 2.17. The highest BCUT2D eigenvalue weighted by atomic mass is 15.0. The second-order valence-electron chi connectivity index (χ2n) is 2.17. The molecule has 0 amide bonds. The maximum Gasteiger partial charge on any atom is 0.182 e. The number of nitrogens with zero attached hydrogens (tertiary/aromatic N) is 3. The average Bonchev–Trinajstić information content (AvgIpc) is 2.18. The largest absolute Gasteiger partial charge is 0.276 e. The summed E-state index contributed by atoms with van der Waals surface area (Å²) in [5.74, 6) is 0.358. The van der Waals surface area contributed by atoms with Crippen LogP contribution in [0.1, 0.15) is 11.1 Å². The number of anilines is 1. The molecule has 13 heavy (non-hydrogen) atoms. The van der Waals surface area contributed by atoms with Crippen LogP contribution in [0.3, 0.4) is 0 Å². The Labute approximate surface area is 75.8 Å². The number of hydrogen-bond acceptors (Lipinski definition) is 4. The molecule has 1 aromatic heterocycles. The van der Waals surface area contributed by atoms with Crippen molar-refractivity contribution in [3.05, 3.63) is 30.0 Å². The van der Waals surface area contributed by atoms with Crippen molar-refractivity contribution in [3.63, 3.8) is 0 Å². The van der Waals surface area contributed by atoms with Crippen molar-refractivity contribution < 1.29 is 0 Å². The van der Waals surface area contributed by atoms with E-state index in [1.807, 2.05) is 6.07 Å². The van der Waals surface area contributed by atoms with Gasteiger partial charge in [-0.1, -0.05) is 12.7 Å². The molecule has 4 heteroatoms. The monoisotopic (exact) mass is 170 g/mol. The zero-order valence-corrected chi connectivity index (χ0v) is 6.78. The maximum atomic E-state index is 8.71. The predicted molar refractivity (Wildman–Crippen MR) is 48.3 cm³/mol. The molecule has 0 saturated heterocycles. The number of hydrogen-bond donors (Lipinski definition) is 1. The fourth-order valence-corrected chi connectivity index (χ4v) is 0.930. The van der Waals surface area contributed by atoms with Gasteiger partial charge in [0.25, 0.3) is 0 Å². The van der Waals surface area contributed by atoms with E-state index in [4.69, 9.17) is 10.5 Å². The van der Waals surface area contributed by atoms with Gasteiger partial charge in [0.05, 0.1) is 11.6 Å². The van der Waals surface area contributed by atoms with E-state index in [-0.39, 0.29) is 0 Å². The zero-order chi connectivity index (χ0) is 9.68. The third-order valence-corrected chi connectivity index (χ3v) is 1.49. The molecule has 0 radical (unpaired) electrons. The molecule has 0 aliphatic heterocycles. The number of pyridine rings is 1. The Morgan fingerprint density at radius 2 is 2.31 bits per heavy atom. The van der Waals surface area contributed by atoms with Crippen molar-refractivity contribution in [2.24, 2.45) is 0 Å². The summed E-state index contributed by atoms with van der Waals surface area (Å²) in [6, 6.07) is 3.55. The smallest absolute Gasteiger partial charge is 0.182 e. The van der Waals surface area contributed by atoms with Gasteiger partial charge in [-0.2, -0.15) is 10.5 Å². The Balaban J connectivity index is 3.30. The molecule has 0 aliphatic rings. The molecule has 0 spiro atoms. The first-order valence-electron chi connectivity index (χ1n) is 3.50. The van der Waals surface area contributed by atoms with E-state index >= 15 is 0 Å². The third-order valence-electron chi connectivity index (χ3n) is 1.49. The van der Waals surface area contributed by atoms with Crippen LogP contribution in [0.4, 0.5) is 5.82 Å². The van der Waals surface area contributed by atoms with Crippen molar-refractivity contribution in [2.45, 2.75) is 0 Å². The summed E-state index contributed by atoms with van der Waals surface area (Å²) in [6.45, 7) is 3.54. The molecule has 0 aromatic carbocycles. The van der Waals surface area contributed by atoms with Crippen LogP contribution in [0.2, 0.25) is 0 Å². The Hall–Kier alpha value is -2.33. The average molecular weight is 170 g/mol. The van der Waals surface area contributed by atoms with E-state index in [0.717, 1.165) is 0 Å². The molecule has 0 unspecified atom stereocenters. The molecule has 1 heterocycles. The Morgan fingerprint density at radius 3 is 2.85 bits per heavy atom. The first-order valence-corrected chi connectivity index (χ1v) is 3.50. The molecule has 1 N–H and O–H groups in total. The van der Waals surface area contributed by atoms with Crippen LogP contribution < -0.4 is 5.32 Å². The molecule has 0 fully saturated rings. The molecule has 0 atom stereocenters. The second-order valence-corrected chi connectivity index (χ2v) is 2.17. The van der Waals surface area contributed by atoms with Gasteiger partial charge in [-0.3, -0.25) is 5.32 Å². The van der Waals surface area contributed by atoms with Crippen molar-refractivity contribution in [3.8, 4) is 12.3 Å². The van der Waals surface area contributed by atoms with E-state index in [1.54, 1.807) is 12.3 Å². The molecule has 1 aromatic rings. The quantitative estimate of drug-likeness (QED) is 0.539. The topological polar surface area (TPSA) is 72.5 Å². The van der Waals surface area contributed by atoms with Crippen molar-refractivity contribution >= 4 is 11.9 Å². The summed E-state index contributed by atoms with van der Waals surface area (Å²) in [6.07, 6.45) is 4.70. The molecule has 4 nitrogen and oxygen atoms in total. The van der Waals surface area contributed by atoms with Gasteiger partial charge in [-0.25, -0.2) is 4.98 Å². The van der Waals surface area contributed by atoms with Crippen LogP contribution in [0, 0.1) is 22.8 Å². The molecule has 0 saturated carbocycles. The van der Waals surface area contributed by atoms with E-state index in [9.17, 15) is 0 Å². The molecular formula is C9H6N4. The van der Waals surface area contributed by atoms with E-state index in [1.165, 1.54) is 12.3 Å². The van der Waals surface area contributed by atoms with Gasteiger partial charge in [0, 0.05) is 11.8 Å². The number of aromatic nitrogens is 1. The van der Waals surface area contributed by atoms with Crippen LogP contribution >= 0.6 is 0 Å². The highest BCUT2D eigenvalue weighted by Gasteiger charge is 2.04. The predicted octanol–water partition coefficient (Wildman–Crippen LogP) is 1.49. The first kappa shape index (κ1) is 8.76. The van der Waals surface area contributed by atoms with Crippen LogP contribution in [0.15, 0.2) is 18.8 Å². The molecule has 62 valence electrons. The van der Waals surface area contributed by atoms with Crippen LogP contribution in [0.25, 0.3) is 6.08 Å². The summed E-state index contributed by atoms with van der Waals surface area (Å²) in [5.41, 5.74) is 0.995. The number of nitrogens with one attached hydrogen (secondary N) is 1. The Bertz CT molecular complexity index is 409. The molecule has 0 bridgehead atoms. The minimum absolute atomic E-state index is 0.358. The molecular weight excluding hydrogens is 164 g/mol. The van der Waals surface area contributed by atoms with Crippen LogP contribution in [0.5, 0.6) is 0 Å². The lowest BCUT2D eigenvalue weighted by Gasteiger charge is -2.02. The summed E-state index contributed by atoms with van der Waals surface area (Å²) in [4.78, 5) is 3.89. The van der Waals surface area contributed by atoms with Gasteiger partial charge in [0.15, 0.2) is 6.19 Å². The summed E-state index contributed by atoms with van der Waals surface area (Å²) < 4.78 is 0. The molecule has 0 aliphatic carbocycles. The summed E-state index contributed by atoms with van der Waals surface area (Å²) in [7, 11) is 0. The summed E-state index contributed by atoms with van der Waals surface area (Å²) in [5, 5.41) is 19.5. The number of nitriles is 2. The van der Waals surface area contributed by atoms with Gasteiger partial charge in [0.1, 0.15) is 5.82 Å². The SMILES string of the molecule is C=Cc1c(C#N)ccnc1NC#N. The fraction of sp³-hybridized carbons (Fsp3) is 0. The van der Waals surface area contributed by atoms with Crippen LogP contribution in [-0.2, 0) is 0 Å². The van der Waals surface area contributed by atoms with Gasteiger partial charge < -0.3 is 0 Å². The minimum atomic E-state index is 0.358. The normalized spacial score (nSPS) is 8.15. The van der Waals surface area contributed by atoms with E-state index in [0.29, 0.717) is 16.9 Å². The van der Waals surface area contributed by atoms with E-state index in [2.05, 4.69) is 16.9 Å². The van der Waals surface area contributed by atoms with Crippen molar-refractivity contribution in [1.29, 1.82) is 10.5 Å². The van der Waals surface area contributed by atoms with Gasteiger partial charge >= 0.3 is 0 Å². The van der Waals surface area contributed by atoms with Gasteiger partial charge in [-0.05, 0) is 6.07 Å². The molecule has 1 rings (SSSR count). The lowest BCUT2D eigenvalue weighted by molar-refractivity contribution is 1.28. The lowest BCUT2D eigenvalue weighted by atomic mass is 10.1. The van der Waals surface area contributed by atoms with Crippen LogP contribution in [-0.4, -0.2) is 4.98 Å². The first-order chi connectivity index (χ1) is 6.33. The summed E-state index contributed by atoms with van der Waals surface area (Å²) >= 11 is 0. The highest BCUT2D eigenvalue weighted by molar-refractivity contribution is 5.68. The second kappa shape index (κ2) is 3.89. The zero-order valence-electron chi connectivity index (χ0n) is 6.78. The third kappa shape index (κ3) is 1.63. The lowest BCUT2D eigenvalue weighted by Crippen LogP contribution is -1.96. The van der Waals surface area contributed by atoms with Crippen molar-refractivity contribution in [2.75, 3.05) is 5.32 Å². The minimum Gasteiger partial charge on any atom is -0.276 e. The Morgan fingerprint density at radius 1 is 1.54 bits per heavy atom. The Kier molecular flexibility index (Phi) is 2.62. The maximum absolute atomic E-state index is 8.71. The fourth-order valence-electron chi connectivity index (χ4n) is 0.930. The van der Waals surface area contributed by atoms with Crippen molar-refractivity contribution in [1.82, 2.24) is 4.98 Å². The van der Waals surface area contributed by atoms with Gasteiger partial charge in [0.2, 0.25) is 0 Å². The standard InChI is InChI=1S/C9H6N4/c1-2-8-7(5-10)3-4-12-9(8)13-6-11/h2-4H,1H2,(H,12,13). The van der Waals surface area contributed by atoms with Gasteiger partial charge in [-0.15, -0.1) is 0 Å². The number of rotatable bonds is 2. The van der Waals surface area contributed by atoms with E-state index < -0.39 is 0 Å².